The number of ether oxygens (including phenoxy) is 2. The number of alkyl halides is 3. The van der Waals surface area contributed by atoms with Crippen LogP contribution in [0, 0.1) is 0 Å². The van der Waals surface area contributed by atoms with Crippen molar-refractivity contribution in [2.75, 3.05) is 14.2 Å². The number of halogens is 3. The summed E-state index contributed by atoms with van der Waals surface area (Å²) in [5.74, 6) is 0.851. The third-order valence-corrected chi connectivity index (χ3v) is 5.28. The number of imidazole rings is 1. The number of nitrogens with one attached hydrogen (secondary N) is 1. The Morgan fingerprint density at radius 3 is 2.37 bits per heavy atom. The molecule has 0 aliphatic rings. The Bertz CT molecular complexity index is 1330. The number of carbonyl (C=O) groups excluding carboxylic acids is 1. The van der Waals surface area contributed by atoms with Crippen LogP contribution in [0.4, 0.5) is 13.2 Å². The van der Waals surface area contributed by atoms with Crippen LogP contribution in [0.15, 0.2) is 61.1 Å². The Morgan fingerprint density at radius 1 is 1.09 bits per heavy atom. The molecule has 1 atom stereocenters. The van der Waals surface area contributed by atoms with Gasteiger partial charge < -0.3 is 19.4 Å². The van der Waals surface area contributed by atoms with Gasteiger partial charge in [0.05, 0.1) is 31.7 Å². The summed E-state index contributed by atoms with van der Waals surface area (Å²) in [6.07, 6.45) is -0.159. The molecular weight excluding hydrogens is 465 g/mol. The smallest absolute Gasteiger partial charge is 0.418 e. The minimum absolute atomic E-state index is 0.170. The van der Waals surface area contributed by atoms with E-state index in [2.05, 4.69) is 20.6 Å². The van der Waals surface area contributed by atoms with Crippen molar-refractivity contribution in [3.05, 3.63) is 83.7 Å². The van der Waals surface area contributed by atoms with E-state index in [1.54, 1.807) is 42.2 Å². The second kappa shape index (κ2) is 9.49. The molecule has 2 heterocycles. The lowest BCUT2D eigenvalue weighted by atomic mass is 10.0. The average Bonchev–Trinajstić information content (AvgIpc) is 3.51. The zero-order chi connectivity index (χ0) is 25.2. The van der Waals surface area contributed by atoms with Crippen LogP contribution >= 0.6 is 0 Å². The van der Waals surface area contributed by atoms with E-state index in [1.165, 1.54) is 32.4 Å². The number of amides is 1. The minimum Gasteiger partial charge on any atom is -0.497 e. The molecule has 0 aliphatic heterocycles. The summed E-state index contributed by atoms with van der Waals surface area (Å²) in [6, 6.07) is 9.28. The molecule has 0 bridgehead atoms. The number of hydrogen-bond acceptors (Lipinski definition) is 6. The van der Waals surface area contributed by atoms with Gasteiger partial charge in [-0.15, -0.1) is 5.10 Å². The number of aromatic nitrogens is 5. The number of methoxy groups -OCH3 is 2. The van der Waals surface area contributed by atoms with E-state index >= 15 is 0 Å². The van der Waals surface area contributed by atoms with Crippen LogP contribution < -0.4 is 14.8 Å². The first-order valence-electron chi connectivity index (χ1n) is 10.3. The molecule has 0 spiro atoms. The highest BCUT2D eigenvalue weighted by molar-refractivity contribution is 5.92. The second-order valence-corrected chi connectivity index (χ2v) is 7.51. The molecule has 12 heteroatoms. The van der Waals surface area contributed by atoms with Gasteiger partial charge in [0.1, 0.15) is 23.4 Å². The first-order valence-corrected chi connectivity index (χ1v) is 10.3. The Morgan fingerprint density at radius 2 is 1.77 bits per heavy atom. The lowest BCUT2D eigenvalue weighted by Gasteiger charge is -2.20. The summed E-state index contributed by atoms with van der Waals surface area (Å²) < 4.78 is 53.5. The molecule has 0 saturated heterocycles. The normalized spacial score (nSPS) is 12.3. The summed E-state index contributed by atoms with van der Waals surface area (Å²) in [6.45, 7) is 0. The summed E-state index contributed by atoms with van der Waals surface area (Å²) in [5.41, 5.74) is -0.703. The standard InChI is InChI=1S/C23H21F3N6O3/c1-31-9-8-27-21(31)20(14-10-15(34-2)12-16(11-14)35-3)28-22(33)18-13-32(30-29-18)19-7-5-4-6-17(19)23(24,25)26/h4-13,20H,1-3H3,(H,28,33). The fourth-order valence-electron chi connectivity index (χ4n) is 3.55. The first-order chi connectivity index (χ1) is 16.7. The number of carbonyl (C=O) groups is 1. The quantitative estimate of drug-likeness (QED) is 0.429. The highest BCUT2D eigenvalue weighted by Crippen LogP contribution is 2.33. The van der Waals surface area contributed by atoms with Crippen molar-refractivity contribution in [3.8, 4) is 17.2 Å². The van der Waals surface area contributed by atoms with Gasteiger partial charge in [-0.2, -0.15) is 13.2 Å². The van der Waals surface area contributed by atoms with Crippen LogP contribution in [-0.4, -0.2) is 44.7 Å². The van der Waals surface area contributed by atoms with E-state index in [1.807, 2.05) is 0 Å². The van der Waals surface area contributed by atoms with Gasteiger partial charge >= 0.3 is 6.18 Å². The number of nitrogens with zero attached hydrogens (tertiary/aromatic N) is 5. The molecule has 4 aromatic rings. The SMILES string of the molecule is COc1cc(OC)cc(C(NC(=O)c2cn(-c3ccccc3C(F)(F)F)nn2)c2nccn2C)c1. The van der Waals surface area contributed by atoms with E-state index in [0.29, 0.717) is 22.9 Å². The number of rotatable bonds is 7. The van der Waals surface area contributed by atoms with Crippen molar-refractivity contribution < 1.29 is 27.4 Å². The molecule has 1 unspecified atom stereocenters. The average molecular weight is 486 g/mol. The molecule has 9 nitrogen and oxygen atoms in total. The van der Waals surface area contributed by atoms with E-state index in [-0.39, 0.29) is 11.4 Å². The van der Waals surface area contributed by atoms with Gasteiger partial charge in [-0.1, -0.05) is 17.3 Å². The third-order valence-electron chi connectivity index (χ3n) is 5.28. The second-order valence-electron chi connectivity index (χ2n) is 7.51. The molecule has 0 aliphatic carbocycles. The van der Waals surface area contributed by atoms with Crippen LogP contribution in [0.3, 0.4) is 0 Å². The van der Waals surface area contributed by atoms with E-state index in [4.69, 9.17) is 9.47 Å². The molecule has 1 N–H and O–H groups in total. The Hall–Kier alpha value is -4.35. The Labute approximate surface area is 198 Å². The molecule has 2 aromatic carbocycles. The Balaban J connectivity index is 1.69. The molecule has 0 radical (unpaired) electrons. The highest BCUT2D eigenvalue weighted by atomic mass is 19.4. The summed E-state index contributed by atoms with van der Waals surface area (Å²) in [4.78, 5) is 17.5. The zero-order valence-corrected chi connectivity index (χ0v) is 18.9. The third kappa shape index (κ3) is 4.95. The molecule has 4 rings (SSSR count). The van der Waals surface area contributed by atoms with Crippen LogP contribution in [-0.2, 0) is 13.2 Å². The van der Waals surface area contributed by atoms with Crippen molar-refractivity contribution in [1.29, 1.82) is 0 Å². The van der Waals surface area contributed by atoms with E-state index in [9.17, 15) is 18.0 Å². The topological polar surface area (TPSA) is 96.1 Å². The van der Waals surface area contributed by atoms with Crippen molar-refractivity contribution in [2.45, 2.75) is 12.2 Å². The van der Waals surface area contributed by atoms with Crippen molar-refractivity contribution in [3.63, 3.8) is 0 Å². The predicted octanol–water partition coefficient (Wildman–Crippen LogP) is 3.56. The maximum atomic E-state index is 13.4. The van der Waals surface area contributed by atoms with E-state index < -0.39 is 23.7 Å². The first kappa shape index (κ1) is 23.8. The monoisotopic (exact) mass is 486 g/mol. The van der Waals surface area contributed by atoms with Crippen LogP contribution in [0.2, 0.25) is 0 Å². The van der Waals surface area contributed by atoms with Gasteiger partial charge in [-0.05, 0) is 29.8 Å². The molecule has 182 valence electrons. The number of para-hydroxylation sites is 1. The van der Waals surface area contributed by atoms with Crippen LogP contribution in [0.1, 0.15) is 33.5 Å². The van der Waals surface area contributed by atoms with Gasteiger partial charge in [0.2, 0.25) is 0 Å². The number of aryl methyl sites for hydroxylation is 1. The fraction of sp³-hybridized carbons (Fsp3) is 0.217. The summed E-state index contributed by atoms with van der Waals surface area (Å²) in [7, 11) is 4.78. The molecule has 35 heavy (non-hydrogen) atoms. The molecule has 0 saturated carbocycles. The number of hydrogen-bond donors (Lipinski definition) is 1. The van der Waals surface area contributed by atoms with Gasteiger partial charge in [-0.25, -0.2) is 9.67 Å². The lowest BCUT2D eigenvalue weighted by Crippen LogP contribution is -2.31. The summed E-state index contributed by atoms with van der Waals surface area (Å²) in [5, 5.41) is 10.4. The maximum Gasteiger partial charge on any atom is 0.418 e. The van der Waals surface area contributed by atoms with E-state index in [0.717, 1.165) is 16.9 Å². The van der Waals surface area contributed by atoms with Gasteiger partial charge in [-0.3, -0.25) is 4.79 Å². The van der Waals surface area contributed by atoms with Crippen LogP contribution in [0.25, 0.3) is 5.69 Å². The van der Waals surface area contributed by atoms with Crippen molar-refractivity contribution in [1.82, 2.24) is 29.9 Å². The van der Waals surface area contributed by atoms with Crippen LogP contribution in [0.5, 0.6) is 11.5 Å². The maximum absolute atomic E-state index is 13.4. The largest absolute Gasteiger partial charge is 0.497 e. The van der Waals surface area contributed by atoms with Crippen molar-refractivity contribution >= 4 is 5.91 Å². The van der Waals surface area contributed by atoms with Gasteiger partial charge in [0.25, 0.3) is 5.91 Å². The van der Waals surface area contributed by atoms with Gasteiger partial charge in [0.15, 0.2) is 5.69 Å². The molecular formula is C23H21F3N6O3. The minimum atomic E-state index is -4.60. The summed E-state index contributed by atoms with van der Waals surface area (Å²) >= 11 is 0. The fourth-order valence-corrected chi connectivity index (χ4v) is 3.55. The molecule has 2 aromatic heterocycles. The van der Waals surface area contributed by atoms with Crippen molar-refractivity contribution in [2.24, 2.45) is 7.05 Å². The highest BCUT2D eigenvalue weighted by Gasteiger charge is 2.34. The predicted molar refractivity (Wildman–Crippen MR) is 118 cm³/mol. The lowest BCUT2D eigenvalue weighted by molar-refractivity contribution is -0.137. The zero-order valence-electron chi connectivity index (χ0n) is 18.9. The van der Waals surface area contributed by atoms with Gasteiger partial charge in [0, 0.05) is 25.5 Å². The molecule has 1 amide bonds. The Kier molecular flexibility index (Phi) is 6.45. The number of benzene rings is 2. The molecule has 0 fully saturated rings.